The third-order valence-electron chi connectivity index (χ3n) is 4.61. The minimum absolute atomic E-state index is 0.115. The normalized spacial score (nSPS) is 19.5. The van der Waals surface area contributed by atoms with E-state index in [1.165, 1.54) is 19.3 Å². The zero-order chi connectivity index (χ0) is 14.7. The second kappa shape index (κ2) is 6.61. The van der Waals surface area contributed by atoms with E-state index in [0.29, 0.717) is 11.6 Å². The summed E-state index contributed by atoms with van der Waals surface area (Å²) in [5.74, 6) is -0.684. The number of rotatable bonds is 4. The van der Waals surface area contributed by atoms with Crippen LogP contribution in [0.15, 0.2) is 22.7 Å². The zero-order valence-electron chi connectivity index (χ0n) is 11.8. The van der Waals surface area contributed by atoms with E-state index in [0.717, 1.165) is 22.9 Å². The maximum atomic E-state index is 11.8. The summed E-state index contributed by atoms with van der Waals surface area (Å²) in [5, 5.41) is 9.67. The molecule has 4 heteroatoms. The van der Waals surface area contributed by atoms with E-state index in [9.17, 15) is 9.90 Å². The molecule has 0 aliphatic heterocycles. The lowest BCUT2D eigenvalue weighted by molar-refractivity contribution is -0.140. The van der Waals surface area contributed by atoms with Crippen LogP contribution in [0.1, 0.15) is 50.5 Å². The van der Waals surface area contributed by atoms with Crippen LogP contribution in [0.4, 0.5) is 5.69 Å². The first-order chi connectivity index (χ1) is 9.52. The molecule has 20 heavy (non-hydrogen) atoms. The molecule has 1 aromatic carbocycles. The lowest BCUT2D eigenvalue weighted by Crippen LogP contribution is -2.28. The van der Waals surface area contributed by atoms with Crippen molar-refractivity contribution in [2.75, 3.05) is 5.73 Å². The summed E-state index contributed by atoms with van der Waals surface area (Å²) in [5.41, 5.74) is 7.38. The van der Waals surface area contributed by atoms with Crippen molar-refractivity contribution in [3.8, 4) is 0 Å². The van der Waals surface area contributed by atoms with Crippen molar-refractivity contribution in [1.29, 1.82) is 0 Å². The fourth-order valence-electron chi connectivity index (χ4n) is 3.40. The number of para-hydroxylation sites is 1. The third kappa shape index (κ3) is 3.17. The number of aliphatic carboxylic acids is 1. The van der Waals surface area contributed by atoms with Crippen LogP contribution in [0.25, 0.3) is 0 Å². The van der Waals surface area contributed by atoms with Gasteiger partial charge < -0.3 is 10.8 Å². The molecule has 1 aromatic rings. The minimum Gasteiger partial charge on any atom is -0.481 e. The van der Waals surface area contributed by atoms with Gasteiger partial charge in [-0.15, -0.1) is 0 Å². The van der Waals surface area contributed by atoms with Crippen LogP contribution in [0, 0.1) is 11.8 Å². The smallest absolute Gasteiger partial charge is 0.311 e. The Morgan fingerprint density at radius 3 is 2.60 bits per heavy atom. The second-order valence-electron chi connectivity index (χ2n) is 5.82. The molecule has 1 aliphatic rings. The molecule has 0 radical (unpaired) electrons. The van der Waals surface area contributed by atoms with Gasteiger partial charge in [-0.25, -0.2) is 0 Å². The number of carboxylic acids is 1. The van der Waals surface area contributed by atoms with E-state index < -0.39 is 11.9 Å². The topological polar surface area (TPSA) is 63.3 Å². The maximum Gasteiger partial charge on any atom is 0.311 e. The van der Waals surface area contributed by atoms with Gasteiger partial charge in [0.25, 0.3) is 0 Å². The molecular formula is C16H22BrNO2. The molecule has 1 saturated carbocycles. The fraction of sp³-hybridized carbons (Fsp3) is 0.562. The molecule has 1 aliphatic carbocycles. The zero-order valence-corrected chi connectivity index (χ0v) is 13.4. The van der Waals surface area contributed by atoms with Crippen molar-refractivity contribution in [2.45, 2.75) is 44.9 Å². The molecule has 3 N–H and O–H groups in total. The first-order valence-electron chi connectivity index (χ1n) is 7.29. The van der Waals surface area contributed by atoms with Gasteiger partial charge in [-0.1, -0.05) is 51.2 Å². The number of carboxylic acid groups (broad SMARTS) is 1. The quantitative estimate of drug-likeness (QED) is 0.798. The van der Waals surface area contributed by atoms with Gasteiger partial charge in [0.1, 0.15) is 0 Å². The number of anilines is 1. The van der Waals surface area contributed by atoms with Gasteiger partial charge in [-0.3, -0.25) is 4.79 Å². The van der Waals surface area contributed by atoms with Crippen molar-refractivity contribution >= 4 is 27.6 Å². The Labute approximate surface area is 128 Å². The molecule has 2 unspecified atom stereocenters. The van der Waals surface area contributed by atoms with E-state index >= 15 is 0 Å². The van der Waals surface area contributed by atoms with E-state index in [4.69, 9.17) is 5.73 Å². The summed E-state index contributed by atoms with van der Waals surface area (Å²) in [6, 6.07) is 5.56. The van der Waals surface area contributed by atoms with Crippen LogP contribution in [-0.4, -0.2) is 11.1 Å². The Morgan fingerprint density at radius 1 is 1.35 bits per heavy atom. The van der Waals surface area contributed by atoms with Crippen molar-refractivity contribution < 1.29 is 9.90 Å². The second-order valence-corrected chi connectivity index (χ2v) is 6.67. The maximum absolute atomic E-state index is 11.8. The standard InChI is InChI=1S/C16H22BrNO2/c1-10(11-6-3-2-4-7-11)14(16(19)20)12-8-5-9-13(17)15(12)18/h5,8-11,14H,2-4,6-7,18H2,1H3,(H,19,20). The Bertz CT molecular complexity index is 483. The lowest BCUT2D eigenvalue weighted by Gasteiger charge is -2.32. The molecule has 0 bridgehead atoms. The first kappa shape index (κ1) is 15.4. The van der Waals surface area contributed by atoms with Gasteiger partial charge in [0.15, 0.2) is 0 Å². The largest absolute Gasteiger partial charge is 0.481 e. The third-order valence-corrected chi connectivity index (χ3v) is 5.30. The van der Waals surface area contributed by atoms with E-state index in [1.54, 1.807) is 0 Å². The highest BCUT2D eigenvalue weighted by atomic mass is 79.9. The SMILES string of the molecule is CC(C1CCCCC1)C(C(=O)O)c1cccc(Br)c1N. The number of carbonyl (C=O) groups is 1. The van der Waals surface area contributed by atoms with Gasteiger partial charge in [0, 0.05) is 10.2 Å². The first-order valence-corrected chi connectivity index (χ1v) is 8.08. The molecule has 3 nitrogen and oxygen atoms in total. The van der Waals surface area contributed by atoms with Gasteiger partial charge in [-0.2, -0.15) is 0 Å². The molecule has 2 rings (SSSR count). The average Bonchev–Trinajstić information content (AvgIpc) is 2.44. The molecule has 2 atom stereocenters. The van der Waals surface area contributed by atoms with Crippen molar-refractivity contribution in [3.63, 3.8) is 0 Å². The summed E-state index contributed by atoms with van der Waals surface area (Å²) in [6.07, 6.45) is 5.99. The van der Waals surface area contributed by atoms with Crippen LogP contribution >= 0.6 is 15.9 Å². The van der Waals surface area contributed by atoms with Crippen LogP contribution in [0.2, 0.25) is 0 Å². The Morgan fingerprint density at radius 2 is 2.00 bits per heavy atom. The number of benzene rings is 1. The van der Waals surface area contributed by atoms with Crippen molar-refractivity contribution in [3.05, 3.63) is 28.2 Å². The van der Waals surface area contributed by atoms with E-state index in [-0.39, 0.29) is 5.92 Å². The number of hydrogen-bond acceptors (Lipinski definition) is 2. The summed E-state index contributed by atoms with van der Waals surface area (Å²) in [7, 11) is 0. The highest BCUT2D eigenvalue weighted by Crippen LogP contribution is 2.41. The van der Waals surface area contributed by atoms with Gasteiger partial charge in [0.2, 0.25) is 0 Å². The molecule has 110 valence electrons. The summed E-state index contributed by atoms with van der Waals surface area (Å²) in [4.78, 5) is 11.8. The Hall–Kier alpha value is -1.03. The fourth-order valence-corrected chi connectivity index (χ4v) is 3.78. The lowest BCUT2D eigenvalue weighted by atomic mass is 9.72. The number of halogens is 1. The number of nitrogen functional groups attached to an aromatic ring is 1. The monoisotopic (exact) mass is 339 g/mol. The Kier molecular flexibility index (Phi) is 5.08. The van der Waals surface area contributed by atoms with E-state index in [1.807, 2.05) is 18.2 Å². The molecule has 1 fully saturated rings. The highest BCUT2D eigenvalue weighted by molar-refractivity contribution is 9.10. The average molecular weight is 340 g/mol. The molecule has 0 spiro atoms. The highest BCUT2D eigenvalue weighted by Gasteiger charge is 2.34. The molecule has 0 heterocycles. The predicted octanol–water partition coefficient (Wildman–Crippen LogP) is 4.42. The number of nitrogens with two attached hydrogens (primary N) is 1. The molecule has 0 saturated heterocycles. The van der Waals surface area contributed by atoms with Crippen LogP contribution < -0.4 is 5.73 Å². The molecular weight excluding hydrogens is 318 g/mol. The minimum atomic E-state index is -0.770. The van der Waals surface area contributed by atoms with Crippen LogP contribution in [0.3, 0.4) is 0 Å². The van der Waals surface area contributed by atoms with Crippen molar-refractivity contribution in [1.82, 2.24) is 0 Å². The van der Waals surface area contributed by atoms with Crippen molar-refractivity contribution in [2.24, 2.45) is 11.8 Å². The predicted molar refractivity (Wildman–Crippen MR) is 84.7 cm³/mol. The van der Waals surface area contributed by atoms with E-state index in [2.05, 4.69) is 22.9 Å². The Balaban J connectivity index is 2.30. The van der Waals surface area contributed by atoms with Crippen LogP contribution in [0.5, 0.6) is 0 Å². The van der Waals surface area contributed by atoms with Crippen LogP contribution in [-0.2, 0) is 4.79 Å². The van der Waals surface area contributed by atoms with Gasteiger partial charge in [-0.05, 0) is 39.4 Å². The molecule has 0 aromatic heterocycles. The van der Waals surface area contributed by atoms with Gasteiger partial charge in [0.05, 0.1) is 5.92 Å². The number of hydrogen-bond donors (Lipinski definition) is 2. The summed E-state index contributed by atoms with van der Waals surface area (Å²) < 4.78 is 0.775. The molecule has 0 amide bonds. The van der Waals surface area contributed by atoms with Gasteiger partial charge >= 0.3 is 5.97 Å². The summed E-state index contributed by atoms with van der Waals surface area (Å²) >= 11 is 3.39. The summed E-state index contributed by atoms with van der Waals surface area (Å²) in [6.45, 7) is 2.06.